The first-order valence-electron chi connectivity index (χ1n) is 4.80. The Morgan fingerprint density at radius 1 is 1.24 bits per heavy atom. The quantitative estimate of drug-likeness (QED) is 0.846. The molecule has 0 aliphatic rings. The monoisotopic (exact) mass is 268 g/mol. The summed E-state index contributed by atoms with van der Waals surface area (Å²) in [6, 6.07) is 8.54. The van der Waals surface area contributed by atoms with Crippen molar-refractivity contribution in [2.24, 2.45) is 7.05 Å². The summed E-state index contributed by atoms with van der Waals surface area (Å²) in [5.74, 6) is 0. The summed E-state index contributed by atoms with van der Waals surface area (Å²) in [5.41, 5.74) is -0.751. The van der Waals surface area contributed by atoms with Crippen LogP contribution in [-0.4, -0.2) is 9.55 Å². The Bertz CT molecular complexity index is 615. The third kappa shape index (κ3) is 2.81. The van der Waals surface area contributed by atoms with Crippen molar-refractivity contribution >= 4 is 23.4 Å². The number of benzene rings is 1. The molecule has 0 fully saturated rings. The van der Waals surface area contributed by atoms with Crippen LogP contribution in [-0.2, 0) is 7.05 Å². The molecule has 1 aromatic heterocycles. The highest BCUT2D eigenvalue weighted by Crippen LogP contribution is 2.25. The number of hydrogen-bond donors (Lipinski definition) is 1. The highest BCUT2D eigenvalue weighted by molar-refractivity contribution is 7.99. The Morgan fingerprint density at radius 3 is 2.47 bits per heavy atom. The van der Waals surface area contributed by atoms with Crippen LogP contribution in [0.5, 0.6) is 0 Å². The van der Waals surface area contributed by atoms with Crippen LogP contribution in [0.15, 0.2) is 49.8 Å². The molecule has 0 atom stereocenters. The van der Waals surface area contributed by atoms with E-state index in [0.29, 0.717) is 10.0 Å². The van der Waals surface area contributed by atoms with E-state index in [4.69, 9.17) is 11.6 Å². The second kappa shape index (κ2) is 4.81. The molecule has 1 N–H and O–H groups in total. The minimum absolute atomic E-state index is 0.329. The van der Waals surface area contributed by atoms with Gasteiger partial charge in [-0.1, -0.05) is 23.4 Å². The van der Waals surface area contributed by atoms with Gasteiger partial charge in [0.1, 0.15) is 0 Å². The molecule has 2 aromatic rings. The lowest BCUT2D eigenvalue weighted by atomic mass is 10.4. The van der Waals surface area contributed by atoms with E-state index < -0.39 is 5.69 Å². The SMILES string of the molecule is Cn1c(=O)cc(Sc2ccc(Cl)cc2)[nH]c1=O. The van der Waals surface area contributed by atoms with E-state index in [1.54, 1.807) is 12.1 Å². The fraction of sp³-hybridized carbons (Fsp3) is 0.0909. The van der Waals surface area contributed by atoms with Gasteiger partial charge in [-0.25, -0.2) is 4.79 Å². The zero-order chi connectivity index (χ0) is 12.4. The molecule has 0 saturated carbocycles. The van der Waals surface area contributed by atoms with Crippen molar-refractivity contribution in [3.63, 3.8) is 0 Å². The molecule has 2 rings (SSSR count). The molecule has 0 amide bonds. The number of nitrogens with one attached hydrogen (secondary N) is 1. The maximum Gasteiger partial charge on any atom is 0.328 e. The fourth-order valence-corrected chi connectivity index (χ4v) is 2.17. The molecule has 0 radical (unpaired) electrons. The predicted molar refractivity (Wildman–Crippen MR) is 67.9 cm³/mol. The van der Waals surface area contributed by atoms with Crippen molar-refractivity contribution in [2.75, 3.05) is 0 Å². The molecule has 17 heavy (non-hydrogen) atoms. The molecule has 1 aromatic carbocycles. The maximum atomic E-state index is 11.4. The van der Waals surface area contributed by atoms with Crippen molar-refractivity contribution in [1.29, 1.82) is 0 Å². The Morgan fingerprint density at radius 2 is 1.88 bits per heavy atom. The van der Waals surface area contributed by atoms with Gasteiger partial charge in [-0.15, -0.1) is 0 Å². The molecule has 0 saturated heterocycles. The Kier molecular flexibility index (Phi) is 3.40. The van der Waals surface area contributed by atoms with Crippen molar-refractivity contribution < 1.29 is 0 Å². The van der Waals surface area contributed by atoms with Crippen LogP contribution >= 0.6 is 23.4 Å². The molecule has 0 aliphatic carbocycles. The summed E-state index contributed by atoms with van der Waals surface area (Å²) in [5, 5.41) is 1.16. The van der Waals surface area contributed by atoms with Gasteiger partial charge in [-0.3, -0.25) is 9.36 Å². The molecule has 0 spiro atoms. The summed E-state index contributed by atoms with van der Waals surface area (Å²) < 4.78 is 1.02. The lowest BCUT2D eigenvalue weighted by molar-refractivity contribution is 0.748. The van der Waals surface area contributed by atoms with Gasteiger partial charge in [0, 0.05) is 23.0 Å². The van der Waals surface area contributed by atoms with Gasteiger partial charge >= 0.3 is 5.69 Å². The number of H-pyrrole nitrogens is 1. The predicted octanol–water partition coefficient (Wildman–Crippen LogP) is 1.88. The standard InChI is InChI=1S/C11H9ClN2O2S/c1-14-10(15)6-9(13-11(14)16)17-8-4-2-7(12)3-5-8/h2-6H,1H3,(H,13,16). The van der Waals surface area contributed by atoms with Crippen molar-refractivity contribution in [3.8, 4) is 0 Å². The fourth-order valence-electron chi connectivity index (χ4n) is 1.22. The second-order valence-corrected chi connectivity index (χ2v) is 4.94. The van der Waals surface area contributed by atoms with E-state index in [1.165, 1.54) is 24.9 Å². The van der Waals surface area contributed by atoms with Gasteiger partial charge in [0.25, 0.3) is 5.56 Å². The molecule has 4 nitrogen and oxygen atoms in total. The summed E-state index contributed by atoms with van der Waals surface area (Å²) in [6.07, 6.45) is 0. The Hall–Kier alpha value is -1.46. The van der Waals surface area contributed by atoms with E-state index in [9.17, 15) is 9.59 Å². The van der Waals surface area contributed by atoms with Crippen molar-refractivity contribution in [3.05, 3.63) is 56.2 Å². The van der Waals surface area contributed by atoms with Gasteiger partial charge in [0.2, 0.25) is 0 Å². The van der Waals surface area contributed by atoms with Crippen LogP contribution < -0.4 is 11.2 Å². The van der Waals surface area contributed by atoms with Gasteiger partial charge < -0.3 is 4.98 Å². The minimum Gasteiger partial charge on any atom is -0.301 e. The van der Waals surface area contributed by atoms with Crippen LogP contribution in [0.4, 0.5) is 0 Å². The molecule has 0 bridgehead atoms. The number of nitrogens with zero attached hydrogens (tertiary/aromatic N) is 1. The topological polar surface area (TPSA) is 54.9 Å². The Balaban J connectivity index is 2.34. The lowest BCUT2D eigenvalue weighted by Crippen LogP contribution is -2.31. The van der Waals surface area contributed by atoms with Gasteiger partial charge in [0.05, 0.1) is 5.03 Å². The molecule has 6 heteroatoms. The number of hydrogen-bond acceptors (Lipinski definition) is 3. The summed E-state index contributed by atoms with van der Waals surface area (Å²) in [6.45, 7) is 0. The van der Waals surface area contributed by atoms with Crippen LogP contribution in [0.25, 0.3) is 0 Å². The van der Waals surface area contributed by atoms with Crippen LogP contribution in [0.2, 0.25) is 5.02 Å². The third-order valence-electron chi connectivity index (χ3n) is 2.16. The van der Waals surface area contributed by atoms with E-state index in [1.807, 2.05) is 12.1 Å². The van der Waals surface area contributed by atoms with E-state index in [2.05, 4.69) is 4.98 Å². The van der Waals surface area contributed by atoms with Crippen LogP contribution in [0.1, 0.15) is 0 Å². The number of rotatable bonds is 2. The van der Waals surface area contributed by atoms with E-state index >= 15 is 0 Å². The molecule has 0 unspecified atom stereocenters. The van der Waals surface area contributed by atoms with Crippen LogP contribution in [0.3, 0.4) is 0 Å². The lowest BCUT2D eigenvalue weighted by Gasteiger charge is -2.02. The number of halogens is 1. The molecular weight excluding hydrogens is 260 g/mol. The average molecular weight is 269 g/mol. The van der Waals surface area contributed by atoms with Crippen molar-refractivity contribution in [1.82, 2.24) is 9.55 Å². The first kappa shape index (κ1) is 12.0. The second-order valence-electron chi connectivity index (χ2n) is 3.39. The Labute approximate surface area is 106 Å². The average Bonchev–Trinajstić information content (AvgIpc) is 2.29. The maximum absolute atomic E-state index is 11.4. The largest absolute Gasteiger partial charge is 0.328 e. The molecule has 0 aliphatic heterocycles. The molecule has 1 heterocycles. The molecule has 88 valence electrons. The third-order valence-corrected chi connectivity index (χ3v) is 3.36. The normalized spacial score (nSPS) is 10.5. The molecular formula is C11H9ClN2O2S. The first-order valence-corrected chi connectivity index (χ1v) is 5.99. The highest BCUT2D eigenvalue weighted by atomic mass is 35.5. The van der Waals surface area contributed by atoms with Crippen LogP contribution in [0, 0.1) is 0 Å². The van der Waals surface area contributed by atoms with Gasteiger partial charge in [-0.2, -0.15) is 0 Å². The summed E-state index contributed by atoms with van der Waals surface area (Å²) >= 11 is 7.07. The number of aromatic nitrogens is 2. The summed E-state index contributed by atoms with van der Waals surface area (Å²) in [7, 11) is 1.43. The smallest absolute Gasteiger partial charge is 0.301 e. The van der Waals surface area contributed by atoms with E-state index in [0.717, 1.165) is 9.46 Å². The van der Waals surface area contributed by atoms with Gasteiger partial charge in [0.15, 0.2) is 0 Å². The van der Waals surface area contributed by atoms with Crippen molar-refractivity contribution in [2.45, 2.75) is 9.92 Å². The van der Waals surface area contributed by atoms with Gasteiger partial charge in [-0.05, 0) is 24.3 Å². The highest BCUT2D eigenvalue weighted by Gasteiger charge is 2.02. The number of aromatic amines is 1. The zero-order valence-electron chi connectivity index (χ0n) is 8.94. The van der Waals surface area contributed by atoms with E-state index in [-0.39, 0.29) is 5.56 Å². The zero-order valence-corrected chi connectivity index (χ0v) is 10.5. The summed E-state index contributed by atoms with van der Waals surface area (Å²) in [4.78, 5) is 26.3. The first-order chi connectivity index (χ1) is 8.06. The minimum atomic E-state index is -0.422.